The number of alkyl carbamates (subject to hydrolysis) is 1. The smallest absolute Gasteiger partial charge is 0.416 e. The maximum Gasteiger partial charge on any atom is 0.416 e. The summed E-state index contributed by atoms with van der Waals surface area (Å²) in [5, 5.41) is 34.0. The van der Waals surface area contributed by atoms with E-state index >= 15 is 0 Å². The molecule has 5 rings (SSSR count). The number of methoxy groups -OCH3 is 1. The molecule has 0 aliphatic carbocycles. The fourth-order valence-electron chi connectivity index (χ4n) is 5.97. The number of likely N-dealkylation sites (tertiary alicyclic amines) is 1. The number of nitrogens with one attached hydrogen (secondary N) is 4. The van der Waals surface area contributed by atoms with Crippen molar-refractivity contribution in [3.8, 4) is 5.75 Å². The van der Waals surface area contributed by atoms with Crippen molar-refractivity contribution < 1.29 is 52.0 Å². The minimum absolute atomic E-state index is 0.0290. The Morgan fingerprint density at radius 3 is 2.43 bits per heavy atom. The lowest BCUT2D eigenvalue weighted by Gasteiger charge is -2.49. The molecule has 0 bridgehead atoms. The van der Waals surface area contributed by atoms with E-state index in [2.05, 4.69) is 32.8 Å². The predicted octanol–water partition coefficient (Wildman–Crippen LogP) is 0.521. The third-order valence-corrected chi connectivity index (χ3v) is 8.36. The van der Waals surface area contributed by atoms with Gasteiger partial charge < -0.3 is 40.5 Å². The summed E-state index contributed by atoms with van der Waals surface area (Å²) in [6.07, 6.45) is -6.15. The van der Waals surface area contributed by atoms with Gasteiger partial charge in [-0.1, -0.05) is 41.4 Å². The minimum Gasteiger partial charge on any atom is -0.497 e. The quantitative estimate of drug-likeness (QED) is 0.136. The van der Waals surface area contributed by atoms with Crippen LogP contribution >= 0.6 is 34.8 Å². The number of hydrogen-bond donors (Lipinski definition) is 6. The van der Waals surface area contributed by atoms with Gasteiger partial charge in [-0.2, -0.15) is 13.2 Å². The average molecular weight is 729 g/mol. The highest BCUT2D eigenvalue weighted by Gasteiger charge is 2.74. The standard InChI is InChI=1S/C26H27Cl3F3N7O8/c1-11-33-19-15(8-38-17(40)3-4-18(38)41)34-21(36-22(43)47-10-23(27,28)29)39-9-16(25(44,45)24(19,39)37-11)35-20(42)12-5-13(26(30,31)32)7-14(6-12)46-2/h5-7,15-16,19,33,37,44-45H,1,3-4,8-10H2,2H3,(H,35,42)(H,34,36,43)/t15-,16?,19-,24-/m0/s1. The van der Waals surface area contributed by atoms with Gasteiger partial charge in [0.25, 0.3) is 5.91 Å². The Morgan fingerprint density at radius 2 is 1.83 bits per heavy atom. The van der Waals surface area contributed by atoms with E-state index in [0.29, 0.717) is 12.1 Å². The molecule has 0 radical (unpaired) electrons. The fourth-order valence-corrected chi connectivity index (χ4v) is 6.14. The summed E-state index contributed by atoms with van der Waals surface area (Å²) >= 11 is 17.0. The van der Waals surface area contributed by atoms with Crippen molar-refractivity contribution in [1.29, 1.82) is 0 Å². The second-order valence-corrected chi connectivity index (χ2v) is 13.6. The first-order chi connectivity index (χ1) is 21.8. The van der Waals surface area contributed by atoms with Crippen LogP contribution in [0.25, 0.3) is 0 Å². The van der Waals surface area contributed by atoms with Crippen molar-refractivity contribution in [1.82, 2.24) is 31.1 Å². The molecule has 21 heteroatoms. The summed E-state index contributed by atoms with van der Waals surface area (Å²) in [5.74, 6) is -5.79. The number of halogens is 6. The summed E-state index contributed by atoms with van der Waals surface area (Å²) < 4.78 is 48.4. The Bertz CT molecular complexity index is 1540. The molecule has 4 aliphatic rings. The highest BCUT2D eigenvalue weighted by Crippen LogP contribution is 2.45. The lowest BCUT2D eigenvalue weighted by atomic mass is 9.85. The van der Waals surface area contributed by atoms with Crippen LogP contribution in [0.3, 0.4) is 0 Å². The third kappa shape index (κ3) is 6.43. The zero-order valence-electron chi connectivity index (χ0n) is 24.2. The highest BCUT2D eigenvalue weighted by molar-refractivity contribution is 6.67. The van der Waals surface area contributed by atoms with Gasteiger partial charge in [0.15, 0.2) is 5.66 Å². The zero-order valence-corrected chi connectivity index (χ0v) is 26.4. The average Bonchev–Trinajstić information content (AvgIpc) is 3.57. The van der Waals surface area contributed by atoms with E-state index in [1.54, 1.807) is 0 Å². The van der Waals surface area contributed by atoms with Crippen molar-refractivity contribution in [3.63, 3.8) is 0 Å². The lowest BCUT2D eigenvalue weighted by molar-refractivity contribution is -0.231. The fraction of sp³-hybridized carbons (Fsp3) is 0.500. The molecule has 1 aromatic rings. The number of amides is 4. The van der Waals surface area contributed by atoms with Gasteiger partial charge in [0.1, 0.15) is 18.4 Å². The van der Waals surface area contributed by atoms with Gasteiger partial charge in [-0.3, -0.25) is 24.6 Å². The number of aliphatic imine (C=N–C) groups is 1. The molecule has 3 fully saturated rings. The molecule has 3 saturated heterocycles. The van der Waals surface area contributed by atoms with Gasteiger partial charge >= 0.3 is 12.3 Å². The van der Waals surface area contributed by atoms with Crippen molar-refractivity contribution in [2.75, 3.05) is 26.8 Å². The van der Waals surface area contributed by atoms with E-state index in [0.717, 1.165) is 23.0 Å². The first kappa shape index (κ1) is 34.6. The third-order valence-electron chi connectivity index (χ3n) is 8.03. The van der Waals surface area contributed by atoms with E-state index in [9.17, 15) is 42.6 Å². The normalized spacial score (nSPS) is 26.6. The van der Waals surface area contributed by atoms with Crippen molar-refractivity contribution in [2.24, 2.45) is 4.99 Å². The molecule has 1 aromatic carbocycles. The first-order valence-electron chi connectivity index (χ1n) is 13.7. The molecular weight excluding hydrogens is 702 g/mol. The van der Waals surface area contributed by atoms with Crippen LogP contribution in [0.2, 0.25) is 0 Å². The van der Waals surface area contributed by atoms with Crippen LogP contribution in [0.15, 0.2) is 35.6 Å². The van der Waals surface area contributed by atoms with Gasteiger partial charge in [0, 0.05) is 24.9 Å². The number of ether oxygens (including phenoxy) is 2. The van der Waals surface area contributed by atoms with Crippen molar-refractivity contribution >= 4 is 64.6 Å². The van der Waals surface area contributed by atoms with E-state index < -0.39 is 87.6 Å². The Kier molecular flexibility index (Phi) is 8.89. The predicted molar refractivity (Wildman–Crippen MR) is 157 cm³/mol. The number of guanidine groups is 1. The number of alkyl halides is 6. The Labute approximate surface area is 278 Å². The van der Waals surface area contributed by atoms with Crippen LogP contribution in [-0.2, 0) is 20.5 Å². The first-order valence-corrected chi connectivity index (χ1v) is 14.8. The van der Waals surface area contributed by atoms with E-state index in [1.807, 2.05) is 0 Å². The SMILES string of the molecule is C=C1N[C@H]2[C@H](CN3C(=O)CCC3=O)N=C(NC(=O)OCC(Cl)(Cl)Cl)N3CC(NC(=O)c4cc(OC)cc(C(F)(F)F)c4)C(O)(O)[C@]23N1. The Balaban J connectivity index is 1.52. The van der Waals surface area contributed by atoms with Crippen molar-refractivity contribution in [2.45, 2.75) is 52.4 Å². The molecule has 4 heterocycles. The number of carbonyl (C=O) groups is 4. The Morgan fingerprint density at radius 1 is 1.17 bits per heavy atom. The number of rotatable bonds is 6. The molecule has 1 unspecified atom stereocenters. The molecule has 0 saturated carbocycles. The molecule has 6 N–H and O–H groups in total. The summed E-state index contributed by atoms with van der Waals surface area (Å²) in [5.41, 5.74) is -3.83. The summed E-state index contributed by atoms with van der Waals surface area (Å²) in [6.45, 7) is 2.19. The van der Waals surface area contributed by atoms with Crippen LogP contribution in [0.1, 0.15) is 28.8 Å². The van der Waals surface area contributed by atoms with E-state index in [-0.39, 0.29) is 36.9 Å². The minimum atomic E-state index is -4.84. The van der Waals surface area contributed by atoms with E-state index in [4.69, 9.17) is 44.3 Å². The maximum absolute atomic E-state index is 13.5. The van der Waals surface area contributed by atoms with Crippen molar-refractivity contribution in [3.05, 3.63) is 41.7 Å². The molecule has 4 aliphatic heterocycles. The van der Waals surface area contributed by atoms with Crippen LogP contribution in [0.5, 0.6) is 5.75 Å². The molecule has 1 spiro atoms. The number of nitrogens with zero attached hydrogens (tertiary/aromatic N) is 3. The molecule has 256 valence electrons. The van der Waals surface area contributed by atoms with Gasteiger partial charge in [-0.15, -0.1) is 0 Å². The monoisotopic (exact) mass is 727 g/mol. The number of hydrogen-bond acceptors (Lipinski definition) is 12. The number of aliphatic hydroxyl groups is 2. The summed E-state index contributed by atoms with van der Waals surface area (Å²) in [4.78, 5) is 57.6. The second kappa shape index (κ2) is 12.1. The number of benzene rings is 1. The number of imide groups is 1. The molecule has 0 aromatic heterocycles. The van der Waals surface area contributed by atoms with Gasteiger partial charge in [0.2, 0.25) is 27.4 Å². The molecule has 15 nitrogen and oxygen atoms in total. The zero-order chi connectivity index (χ0) is 34.7. The van der Waals surface area contributed by atoms with Crippen LogP contribution in [0.4, 0.5) is 18.0 Å². The molecule has 4 amide bonds. The largest absolute Gasteiger partial charge is 0.497 e. The van der Waals surface area contributed by atoms with Gasteiger partial charge in [0.05, 0.1) is 37.1 Å². The van der Waals surface area contributed by atoms with Gasteiger partial charge in [-0.25, -0.2) is 9.79 Å². The number of carbonyl (C=O) groups excluding carboxylic acids is 4. The second-order valence-electron chi connectivity index (χ2n) is 11.0. The van der Waals surface area contributed by atoms with Crippen LogP contribution < -0.4 is 26.0 Å². The van der Waals surface area contributed by atoms with Crippen LogP contribution in [0, 0.1) is 0 Å². The summed E-state index contributed by atoms with van der Waals surface area (Å²) in [6, 6.07) is -1.78. The molecule has 4 atom stereocenters. The van der Waals surface area contributed by atoms with E-state index in [1.165, 1.54) is 0 Å². The Hall–Kier alpha value is -3.71. The topological polar surface area (TPSA) is 194 Å². The van der Waals surface area contributed by atoms with Gasteiger partial charge in [-0.05, 0) is 18.2 Å². The highest BCUT2D eigenvalue weighted by atomic mass is 35.6. The lowest BCUT2D eigenvalue weighted by Crippen LogP contribution is -2.78. The van der Waals surface area contributed by atoms with Crippen LogP contribution in [-0.4, -0.2) is 110 Å². The maximum atomic E-state index is 13.5. The molecule has 47 heavy (non-hydrogen) atoms. The molecular formula is C26H27Cl3F3N7O8. The summed E-state index contributed by atoms with van der Waals surface area (Å²) in [7, 11) is 1.11.